The first-order chi connectivity index (χ1) is 10.8. The van der Waals surface area contributed by atoms with Gasteiger partial charge in [0, 0.05) is 30.4 Å². The lowest BCUT2D eigenvalue weighted by molar-refractivity contribution is -0.117. The molecule has 1 unspecified atom stereocenters. The lowest BCUT2D eigenvalue weighted by atomic mass is 10.00. The number of nitrogens with zero attached hydrogens (tertiary/aromatic N) is 2. The first-order valence-corrected chi connectivity index (χ1v) is 6.91. The third-order valence-corrected chi connectivity index (χ3v) is 3.33. The Kier molecular flexibility index (Phi) is 4.90. The number of aryl methyl sites for hydroxylation is 1. The molecule has 0 fully saturated rings. The number of carbonyl (C=O) groups excluding carboxylic acids is 1. The minimum atomic E-state index is -1.30. The molecule has 0 aliphatic carbocycles. The molecule has 0 spiro atoms. The van der Waals surface area contributed by atoms with Gasteiger partial charge >= 0.3 is 0 Å². The molecule has 0 aliphatic rings. The quantitative estimate of drug-likeness (QED) is 0.824. The average Bonchev–Trinajstić information content (AvgIpc) is 2.92. The molecule has 2 rings (SSSR count). The van der Waals surface area contributed by atoms with Gasteiger partial charge in [-0.2, -0.15) is 5.10 Å². The number of rotatable bonds is 5. The standard InChI is InChI=1S/C16H17F2N3O2/c1-16(23,11-8-20-21(2)9-11)10-19-15(22)7-6-12-13(17)4-3-5-14(12)18/h3-9,23H,10H2,1-2H3,(H,19,22). The van der Waals surface area contributed by atoms with Crippen molar-refractivity contribution in [3.05, 3.63) is 59.4 Å². The molecule has 23 heavy (non-hydrogen) atoms. The van der Waals surface area contributed by atoms with Gasteiger partial charge in [-0.05, 0) is 25.1 Å². The smallest absolute Gasteiger partial charge is 0.244 e. The summed E-state index contributed by atoms with van der Waals surface area (Å²) in [5.74, 6) is -2.08. The SMILES string of the molecule is Cn1cc(C(C)(O)CNC(=O)C=Cc2c(F)cccc2F)cn1. The Bertz CT molecular complexity index is 718. The topological polar surface area (TPSA) is 67.2 Å². The van der Waals surface area contributed by atoms with Gasteiger partial charge in [-0.1, -0.05) is 6.07 Å². The van der Waals surface area contributed by atoms with Gasteiger partial charge < -0.3 is 10.4 Å². The van der Waals surface area contributed by atoms with Crippen LogP contribution < -0.4 is 5.32 Å². The molecule has 7 heteroatoms. The average molecular weight is 321 g/mol. The Balaban J connectivity index is 1.99. The van der Waals surface area contributed by atoms with E-state index in [4.69, 9.17) is 0 Å². The van der Waals surface area contributed by atoms with Crippen LogP contribution in [0.5, 0.6) is 0 Å². The van der Waals surface area contributed by atoms with Crippen LogP contribution >= 0.6 is 0 Å². The fourth-order valence-electron chi connectivity index (χ4n) is 1.95. The van der Waals surface area contributed by atoms with Gasteiger partial charge in [0.15, 0.2) is 0 Å². The zero-order valence-corrected chi connectivity index (χ0v) is 12.8. The van der Waals surface area contributed by atoms with Crippen LogP contribution in [0.1, 0.15) is 18.1 Å². The predicted octanol–water partition coefficient (Wildman–Crippen LogP) is 1.74. The number of carbonyl (C=O) groups is 1. The Morgan fingerprint density at radius 2 is 2.09 bits per heavy atom. The molecule has 1 amide bonds. The molecule has 1 aromatic carbocycles. The Morgan fingerprint density at radius 3 is 2.65 bits per heavy atom. The van der Waals surface area contributed by atoms with Crippen LogP contribution in [0.4, 0.5) is 8.78 Å². The van der Waals surface area contributed by atoms with E-state index in [0.717, 1.165) is 24.3 Å². The summed E-state index contributed by atoms with van der Waals surface area (Å²) in [5.41, 5.74) is -1.05. The molecule has 0 aliphatic heterocycles. The first-order valence-electron chi connectivity index (χ1n) is 6.91. The summed E-state index contributed by atoms with van der Waals surface area (Å²) >= 11 is 0. The van der Waals surface area contributed by atoms with Crippen LogP contribution in [0.3, 0.4) is 0 Å². The van der Waals surface area contributed by atoms with Crippen LogP contribution in [0.15, 0.2) is 36.7 Å². The van der Waals surface area contributed by atoms with Crippen LogP contribution in [0.25, 0.3) is 6.08 Å². The summed E-state index contributed by atoms with van der Waals surface area (Å²) in [6, 6.07) is 3.45. The summed E-state index contributed by atoms with van der Waals surface area (Å²) in [6.07, 6.45) is 5.20. The second kappa shape index (κ2) is 6.70. The van der Waals surface area contributed by atoms with Gasteiger partial charge in [-0.3, -0.25) is 9.48 Å². The zero-order valence-electron chi connectivity index (χ0n) is 12.8. The molecular weight excluding hydrogens is 304 g/mol. The van der Waals surface area contributed by atoms with E-state index < -0.39 is 23.1 Å². The molecule has 5 nitrogen and oxygen atoms in total. The van der Waals surface area contributed by atoms with E-state index in [1.807, 2.05) is 0 Å². The number of benzene rings is 1. The number of halogens is 2. The summed E-state index contributed by atoms with van der Waals surface area (Å²) in [4.78, 5) is 11.7. The molecule has 0 saturated carbocycles. The van der Waals surface area contributed by atoms with Crippen LogP contribution in [0, 0.1) is 11.6 Å². The van der Waals surface area contributed by atoms with Crippen molar-refractivity contribution in [1.82, 2.24) is 15.1 Å². The van der Waals surface area contributed by atoms with Gasteiger partial charge in [-0.15, -0.1) is 0 Å². The van der Waals surface area contributed by atoms with Crippen molar-refractivity contribution in [3.8, 4) is 0 Å². The number of hydrogen-bond acceptors (Lipinski definition) is 3. The van der Waals surface area contributed by atoms with Crippen molar-refractivity contribution in [2.45, 2.75) is 12.5 Å². The van der Waals surface area contributed by atoms with E-state index in [1.54, 1.807) is 13.2 Å². The van der Waals surface area contributed by atoms with Crippen molar-refractivity contribution in [2.75, 3.05) is 6.54 Å². The molecule has 1 aromatic heterocycles. The van der Waals surface area contributed by atoms with Crippen LogP contribution in [0.2, 0.25) is 0 Å². The molecule has 1 atom stereocenters. The molecule has 2 N–H and O–H groups in total. The van der Waals surface area contributed by atoms with E-state index in [-0.39, 0.29) is 12.1 Å². The third-order valence-electron chi connectivity index (χ3n) is 3.33. The van der Waals surface area contributed by atoms with Crippen molar-refractivity contribution < 1.29 is 18.7 Å². The second-order valence-electron chi connectivity index (χ2n) is 5.36. The van der Waals surface area contributed by atoms with E-state index in [2.05, 4.69) is 10.4 Å². The van der Waals surface area contributed by atoms with Gasteiger partial charge in [0.05, 0.1) is 12.7 Å². The Morgan fingerprint density at radius 1 is 1.43 bits per heavy atom. The van der Waals surface area contributed by atoms with E-state index in [0.29, 0.717) is 5.56 Å². The highest BCUT2D eigenvalue weighted by Crippen LogP contribution is 2.18. The highest BCUT2D eigenvalue weighted by atomic mass is 19.1. The Hall–Kier alpha value is -2.54. The van der Waals surface area contributed by atoms with E-state index in [1.165, 1.54) is 23.9 Å². The molecular formula is C16H17F2N3O2. The summed E-state index contributed by atoms with van der Waals surface area (Å²) in [7, 11) is 1.71. The number of aliphatic hydroxyl groups is 1. The van der Waals surface area contributed by atoms with Crippen molar-refractivity contribution in [2.24, 2.45) is 7.05 Å². The fourth-order valence-corrected chi connectivity index (χ4v) is 1.95. The maximum absolute atomic E-state index is 13.4. The number of amides is 1. The molecule has 2 aromatic rings. The highest BCUT2D eigenvalue weighted by molar-refractivity contribution is 5.91. The predicted molar refractivity (Wildman–Crippen MR) is 81.2 cm³/mol. The van der Waals surface area contributed by atoms with Crippen molar-refractivity contribution in [3.63, 3.8) is 0 Å². The first kappa shape index (κ1) is 16.8. The van der Waals surface area contributed by atoms with Crippen LogP contribution in [-0.2, 0) is 17.4 Å². The van der Waals surface area contributed by atoms with Gasteiger partial charge in [0.1, 0.15) is 17.2 Å². The van der Waals surface area contributed by atoms with Crippen molar-refractivity contribution in [1.29, 1.82) is 0 Å². The van der Waals surface area contributed by atoms with E-state index in [9.17, 15) is 18.7 Å². The summed E-state index contributed by atoms with van der Waals surface area (Å²) in [6.45, 7) is 1.46. The molecule has 1 heterocycles. The zero-order chi connectivity index (χ0) is 17.0. The van der Waals surface area contributed by atoms with Gasteiger partial charge in [0.25, 0.3) is 0 Å². The van der Waals surface area contributed by atoms with Crippen LogP contribution in [-0.4, -0.2) is 27.3 Å². The van der Waals surface area contributed by atoms with E-state index >= 15 is 0 Å². The number of nitrogens with one attached hydrogen (secondary N) is 1. The molecule has 0 bridgehead atoms. The minimum Gasteiger partial charge on any atom is -0.383 e. The lowest BCUT2D eigenvalue weighted by Crippen LogP contribution is -2.37. The largest absolute Gasteiger partial charge is 0.383 e. The molecule has 0 radical (unpaired) electrons. The maximum Gasteiger partial charge on any atom is 0.244 e. The van der Waals surface area contributed by atoms with Gasteiger partial charge in [0.2, 0.25) is 5.91 Å². The number of aromatic nitrogens is 2. The maximum atomic E-state index is 13.4. The molecule has 0 saturated heterocycles. The molecule has 122 valence electrons. The second-order valence-corrected chi connectivity index (χ2v) is 5.36. The summed E-state index contributed by atoms with van der Waals surface area (Å²) in [5, 5.41) is 16.7. The normalized spacial score (nSPS) is 14.0. The highest BCUT2D eigenvalue weighted by Gasteiger charge is 2.25. The monoisotopic (exact) mass is 321 g/mol. The third kappa shape index (κ3) is 4.23. The number of hydrogen-bond donors (Lipinski definition) is 2. The minimum absolute atomic E-state index is 0.0678. The fraction of sp³-hybridized carbons (Fsp3) is 0.250. The lowest BCUT2D eigenvalue weighted by Gasteiger charge is -2.21. The van der Waals surface area contributed by atoms with Gasteiger partial charge in [-0.25, -0.2) is 8.78 Å². The summed E-state index contributed by atoms with van der Waals surface area (Å²) < 4.78 is 28.4. The van der Waals surface area contributed by atoms with Crippen molar-refractivity contribution >= 4 is 12.0 Å². The Labute approximate surface area is 132 Å².